The van der Waals surface area contributed by atoms with E-state index in [9.17, 15) is 9.59 Å². The van der Waals surface area contributed by atoms with Crippen molar-refractivity contribution < 1.29 is 14.3 Å². The first-order chi connectivity index (χ1) is 11.1. The fraction of sp³-hybridized carbons (Fsp3) is 0.118. The van der Waals surface area contributed by atoms with Crippen LogP contribution in [0.5, 0.6) is 0 Å². The molecule has 0 radical (unpaired) electrons. The molecule has 1 amide bonds. The summed E-state index contributed by atoms with van der Waals surface area (Å²) in [6, 6.07) is 16.7. The number of hydrogen-bond acceptors (Lipinski definition) is 4. The third-order valence-corrected chi connectivity index (χ3v) is 2.99. The molecule has 0 atom stereocenters. The average Bonchev–Trinajstić information content (AvgIpc) is 2.60. The van der Waals surface area contributed by atoms with Crippen molar-refractivity contribution in [2.75, 3.05) is 6.61 Å². The molecule has 3 N–H and O–H groups in total. The van der Waals surface area contributed by atoms with Gasteiger partial charge in [-0.25, -0.2) is 10.2 Å². The second-order valence-corrected chi connectivity index (χ2v) is 4.61. The molecule has 2 aromatic carbocycles. The summed E-state index contributed by atoms with van der Waals surface area (Å²) in [4.78, 5) is 23.4. The molecule has 0 aliphatic carbocycles. The van der Waals surface area contributed by atoms with Gasteiger partial charge in [-0.1, -0.05) is 42.5 Å². The molecule has 23 heavy (non-hydrogen) atoms. The second-order valence-electron chi connectivity index (χ2n) is 4.61. The highest BCUT2D eigenvalue weighted by atomic mass is 16.5. The summed E-state index contributed by atoms with van der Waals surface area (Å²) < 4.78 is 4.67. The quantitative estimate of drug-likeness (QED) is 0.390. The van der Waals surface area contributed by atoms with E-state index in [1.54, 1.807) is 25.1 Å². The Labute approximate surface area is 134 Å². The van der Waals surface area contributed by atoms with Gasteiger partial charge in [-0.3, -0.25) is 4.79 Å². The lowest BCUT2D eigenvalue weighted by molar-refractivity contribution is -0.135. The Hall–Kier alpha value is -3.15. The normalized spacial score (nSPS) is 10.9. The standard InChI is InChI=1S/C17H17N3O3/c1-2-23-17(22)15(18)19-20-16(21)14-10-6-9-13(11-14)12-7-4-3-5-8-12/h3-11H,2H2,1H3,(H2,18,19)(H,20,21). The first-order valence-corrected chi connectivity index (χ1v) is 7.08. The number of ether oxygens (including phenoxy) is 1. The fourth-order valence-electron chi connectivity index (χ4n) is 1.90. The Kier molecular flexibility index (Phi) is 5.46. The van der Waals surface area contributed by atoms with Crippen molar-refractivity contribution in [2.24, 2.45) is 10.8 Å². The first-order valence-electron chi connectivity index (χ1n) is 7.08. The largest absolute Gasteiger partial charge is 0.460 e. The third-order valence-electron chi connectivity index (χ3n) is 2.99. The maximum atomic E-state index is 12.1. The summed E-state index contributed by atoms with van der Waals surface area (Å²) >= 11 is 0. The molecule has 0 fully saturated rings. The number of nitrogens with two attached hydrogens (primary N) is 1. The molecule has 0 saturated heterocycles. The van der Waals surface area contributed by atoms with Gasteiger partial charge in [0.05, 0.1) is 6.61 Å². The van der Waals surface area contributed by atoms with Crippen molar-refractivity contribution in [3.63, 3.8) is 0 Å². The number of rotatable bonds is 4. The Balaban J connectivity index is 2.12. The zero-order valence-corrected chi connectivity index (χ0v) is 12.7. The Morgan fingerprint density at radius 3 is 2.48 bits per heavy atom. The zero-order chi connectivity index (χ0) is 16.7. The minimum Gasteiger partial charge on any atom is -0.460 e. The van der Waals surface area contributed by atoms with Gasteiger partial charge in [0.2, 0.25) is 5.84 Å². The average molecular weight is 311 g/mol. The summed E-state index contributed by atoms with van der Waals surface area (Å²) in [6.07, 6.45) is 0. The predicted octanol–water partition coefficient (Wildman–Crippen LogP) is 1.92. The highest BCUT2D eigenvalue weighted by Crippen LogP contribution is 2.19. The SMILES string of the molecule is CCOC(=O)/C(N)=N/NC(=O)c1cccc(-c2ccccc2)c1. The fourth-order valence-corrected chi connectivity index (χ4v) is 1.90. The summed E-state index contributed by atoms with van der Waals surface area (Å²) in [5, 5.41) is 3.54. The molecule has 6 heteroatoms. The maximum absolute atomic E-state index is 12.1. The van der Waals surface area contributed by atoms with Gasteiger partial charge in [0.25, 0.3) is 5.91 Å². The van der Waals surface area contributed by atoms with E-state index in [1.165, 1.54) is 0 Å². The first kappa shape index (κ1) is 16.2. The summed E-state index contributed by atoms with van der Waals surface area (Å²) in [6.45, 7) is 1.83. The molecule has 0 aliphatic rings. The number of carbonyl (C=O) groups is 2. The van der Waals surface area contributed by atoms with Crippen molar-refractivity contribution in [1.29, 1.82) is 0 Å². The van der Waals surface area contributed by atoms with Gasteiger partial charge in [0.1, 0.15) is 0 Å². The van der Waals surface area contributed by atoms with Gasteiger partial charge in [0.15, 0.2) is 0 Å². The second kappa shape index (κ2) is 7.74. The summed E-state index contributed by atoms with van der Waals surface area (Å²) in [7, 11) is 0. The van der Waals surface area contributed by atoms with E-state index in [2.05, 4.69) is 15.3 Å². The Bertz CT molecular complexity index is 727. The predicted molar refractivity (Wildman–Crippen MR) is 87.6 cm³/mol. The van der Waals surface area contributed by atoms with Crippen molar-refractivity contribution in [3.8, 4) is 11.1 Å². The molecular weight excluding hydrogens is 294 g/mol. The number of nitrogens with zero attached hydrogens (tertiary/aromatic N) is 1. The van der Waals surface area contributed by atoms with E-state index in [-0.39, 0.29) is 6.61 Å². The minimum absolute atomic E-state index is 0.183. The van der Waals surface area contributed by atoms with E-state index in [1.807, 2.05) is 36.4 Å². The molecule has 0 saturated carbocycles. The molecule has 2 aromatic rings. The van der Waals surface area contributed by atoms with Gasteiger partial charge in [0, 0.05) is 5.56 Å². The molecule has 0 aromatic heterocycles. The van der Waals surface area contributed by atoms with Crippen molar-refractivity contribution in [3.05, 3.63) is 60.2 Å². The van der Waals surface area contributed by atoms with Crippen LogP contribution in [-0.2, 0) is 9.53 Å². The topological polar surface area (TPSA) is 93.8 Å². The number of nitrogens with one attached hydrogen (secondary N) is 1. The van der Waals surface area contributed by atoms with E-state index in [0.29, 0.717) is 5.56 Å². The highest BCUT2D eigenvalue weighted by Gasteiger charge is 2.10. The van der Waals surface area contributed by atoms with E-state index in [4.69, 9.17) is 5.73 Å². The molecule has 0 aliphatic heterocycles. The number of hydrazone groups is 1. The third kappa shape index (κ3) is 4.41. The molecular formula is C17H17N3O3. The van der Waals surface area contributed by atoms with Crippen molar-refractivity contribution in [1.82, 2.24) is 5.43 Å². The molecule has 0 heterocycles. The Morgan fingerprint density at radius 2 is 1.78 bits per heavy atom. The number of amidine groups is 1. The lowest BCUT2D eigenvalue weighted by atomic mass is 10.0. The highest BCUT2D eigenvalue weighted by molar-refractivity contribution is 6.34. The van der Waals surface area contributed by atoms with Gasteiger partial charge in [-0.15, -0.1) is 5.10 Å². The van der Waals surface area contributed by atoms with E-state index < -0.39 is 17.7 Å². The summed E-state index contributed by atoms with van der Waals surface area (Å²) in [5.74, 6) is -1.64. The van der Waals surface area contributed by atoms with Crippen molar-refractivity contribution >= 4 is 17.7 Å². The number of hydrogen-bond donors (Lipinski definition) is 2. The van der Waals surface area contributed by atoms with Crippen LogP contribution in [0.4, 0.5) is 0 Å². The van der Waals surface area contributed by atoms with Crippen LogP contribution in [0.25, 0.3) is 11.1 Å². The van der Waals surface area contributed by atoms with Gasteiger partial charge < -0.3 is 10.5 Å². The van der Waals surface area contributed by atoms with E-state index >= 15 is 0 Å². The summed E-state index contributed by atoms with van der Waals surface area (Å²) in [5.41, 5.74) is 9.96. The lowest BCUT2D eigenvalue weighted by Gasteiger charge is -2.05. The lowest BCUT2D eigenvalue weighted by Crippen LogP contribution is -2.30. The van der Waals surface area contributed by atoms with Crippen LogP contribution in [0.2, 0.25) is 0 Å². The van der Waals surface area contributed by atoms with Crippen molar-refractivity contribution in [2.45, 2.75) is 6.92 Å². The number of benzene rings is 2. The van der Waals surface area contributed by atoms with Crippen LogP contribution in [-0.4, -0.2) is 24.3 Å². The van der Waals surface area contributed by atoms with Crippen LogP contribution in [0.3, 0.4) is 0 Å². The number of amides is 1. The monoisotopic (exact) mass is 311 g/mol. The van der Waals surface area contributed by atoms with Crippen LogP contribution < -0.4 is 11.2 Å². The molecule has 0 unspecified atom stereocenters. The molecule has 0 bridgehead atoms. The van der Waals surface area contributed by atoms with Crippen LogP contribution in [0.15, 0.2) is 59.7 Å². The molecule has 0 spiro atoms. The molecule has 118 valence electrons. The molecule has 2 rings (SSSR count). The smallest absolute Gasteiger partial charge is 0.375 e. The number of esters is 1. The number of carbonyl (C=O) groups excluding carboxylic acids is 2. The van der Waals surface area contributed by atoms with E-state index in [0.717, 1.165) is 11.1 Å². The maximum Gasteiger partial charge on any atom is 0.375 e. The van der Waals surface area contributed by atoms with Crippen LogP contribution >= 0.6 is 0 Å². The minimum atomic E-state index is -0.772. The molecule has 6 nitrogen and oxygen atoms in total. The van der Waals surface area contributed by atoms with Gasteiger partial charge in [-0.2, -0.15) is 0 Å². The van der Waals surface area contributed by atoms with Gasteiger partial charge >= 0.3 is 5.97 Å². The Morgan fingerprint density at radius 1 is 1.09 bits per heavy atom. The zero-order valence-electron chi connectivity index (χ0n) is 12.7. The van der Waals surface area contributed by atoms with Crippen LogP contribution in [0, 0.1) is 0 Å². The van der Waals surface area contributed by atoms with Gasteiger partial charge in [-0.05, 0) is 30.2 Å². The van der Waals surface area contributed by atoms with Crippen LogP contribution in [0.1, 0.15) is 17.3 Å².